The standard InChI is InChI=1S/C48H62F2N6O5/c1-7-38-41(50)18-12-32-22-37(57)24-40(44(32)38)31-11-17-39-42(23-31)51-46(52-45(39)53(6)27-36-10-9-19-55(36)43(58)8-2)61-29-48(47(4,5)59)25-33(49)26-56(48)35-15-13-34(14-16-35)54-20-21-60-28-30(54)3/h1,8,12,18,22,24,30-31,33-36,57,59H,2,9-11,13-17,19-21,23,25-29H2,3-6H3/t30-,31+,33+,34?,35?,36-,48-/m0/s1. The molecule has 2 N–H and O–H groups in total. The Morgan fingerprint density at radius 3 is 2.66 bits per heavy atom. The highest BCUT2D eigenvalue weighted by Crippen LogP contribution is 2.46. The number of alkyl halides is 1. The van der Waals surface area contributed by atoms with Crippen molar-refractivity contribution in [1.82, 2.24) is 24.7 Å². The second-order valence-corrected chi connectivity index (χ2v) is 18.8. The summed E-state index contributed by atoms with van der Waals surface area (Å²) in [6, 6.07) is 7.24. The first-order valence-electron chi connectivity index (χ1n) is 22.3. The molecule has 1 amide bonds. The quantitative estimate of drug-likeness (QED) is 0.168. The smallest absolute Gasteiger partial charge is 0.318 e. The number of nitrogens with zero attached hydrogens (tertiary/aromatic N) is 6. The Balaban J connectivity index is 1.11. The number of amides is 1. The average Bonchev–Trinajstić information content (AvgIpc) is 3.86. The van der Waals surface area contributed by atoms with Crippen molar-refractivity contribution >= 4 is 22.5 Å². The number of terminal acetylenes is 1. The van der Waals surface area contributed by atoms with Gasteiger partial charge in [0.15, 0.2) is 0 Å². The number of carbonyl (C=O) groups excluding carboxylic acids is 1. The van der Waals surface area contributed by atoms with E-state index < -0.39 is 23.1 Å². The number of aromatic hydroxyl groups is 1. The number of morpholine rings is 1. The number of hydrogen-bond donors (Lipinski definition) is 2. The molecule has 8 rings (SSSR count). The molecule has 3 aromatic rings. The van der Waals surface area contributed by atoms with Gasteiger partial charge in [-0.05, 0) is 120 Å². The van der Waals surface area contributed by atoms with Crippen LogP contribution in [-0.4, -0.2) is 135 Å². The van der Waals surface area contributed by atoms with Crippen LogP contribution in [-0.2, 0) is 22.4 Å². The molecule has 0 bridgehead atoms. The molecule has 2 aliphatic carbocycles. The van der Waals surface area contributed by atoms with Crippen LogP contribution in [0.1, 0.15) is 100 Å². The predicted molar refractivity (Wildman–Crippen MR) is 232 cm³/mol. The first-order chi connectivity index (χ1) is 29.2. The lowest BCUT2D eigenvalue weighted by Crippen LogP contribution is -2.65. The van der Waals surface area contributed by atoms with Crippen molar-refractivity contribution in [2.45, 2.75) is 132 Å². The zero-order valence-corrected chi connectivity index (χ0v) is 36.2. The highest BCUT2D eigenvalue weighted by Gasteiger charge is 2.58. The van der Waals surface area contributed by atoms with Crippen molar-refractivity contribution < 1.29 is 33.3 Å². The summed E-state index contributed by atoms with van der Waals surface area (Å²) in [6.07, 6.45) is 13.4. The van der Waals surface area contributed by atoms with Crippen LogP contribution in [0.25, 0.3) is 10.8 Å². The molecule has 13 heteroatoms. The lowest BCUT2D eigenvalue weighted by molar-refractivity contribution is -0.126. The number of hydrogen-bond acceptors (Lipinski definition) is 10. The summed E-state index contributed by atoms with van der Waals surface area (Å²) in [5, 5.41) is 24.1. The summed E-state index contributed by atoms with van der Waals surface area (Å²) in [6.45, 7) is 13.3. The second-order valence-electron chi connectivity index (χ2n) is 18.8. The van der Waals surface area contributed by atoms with Gasteiger partial charge in [0.05, 0.1) is 35.6 Å². The number of fused-ring (bicyclic) bond motifs is 2. The molecule has 3 aliphatic heterocycles. The van der Waals surface area contributed by atoms with Crippen molar-refractivity contribution in [1.29, 1.82) is 0 Å². The molecule has 11 nitrogen and oxygen atoms in total. The van der Waals surface area contributed by atoms with E-state index in [4.69, 9.17) is 25.9 Å². The molecule has 3 saturated heterocycles. The van der Waals surface area contributed by atoms with Crippen LogP contribution in [0, 0.1) is 18.2 Å². The Kier molecular flexibility index (Phi) is 12.4. The summed E-state index contributed by atoms with van der Waals surface area (Å²) < 4.78 is 43.4. The number of aliphatic hydroxyl groups is 1. The molecule has 0 spiro atoms. The van der Waals surface area contributed by atoms with Crippen molar-refractivity contribution in [3.8, 4) is 24.1 Å². The molecule has 0 unspecified atom stereocenters. The molecule has 61 heavy (non-hydrogen) atoms. The molecule has 1 saturated carbocycles. The predicted octanol–water partition coefficient (Wildman–Crippen LogP) is 6.31. The Morgan fingerprint density at radius 1 is 1.16 bits per heavy atom. The minimum absolute atomic E-state index is 0.0189. The maximum Gasteiger partial charge on any atom is 0.318 e. The van der Waals surface area contributed by atoms with E-state index in [0.717, 1.165) is 75.1 Å². The summed E-state index contributed by atoms with van der Waals surface area (Å²) in [7, 11) is 1.97. The maximum absolute atomic E-state index is 15.9. The topological polar surface area (TPSA) is 115 Å². The van der Waals surface area contributed by atoms with E-state index in [2.05, 4.69) is 34.1 Å². The Bertz CT molecular complexity index is 2170. The largest absolute Gasteiger partial charge is 0.508 e. The number of benzene rings is 2. The van der Waals surface area contributed by atoms with Crippen LogP contribution in [0.2, 0.25) is 0 Å². The van der Waals surface area contributed by atoms with Gasteiger partial charge in [0.2, 0.25) is 5.91 Å². The van der Waals surface area contributed by atoms with Crippen molar-refractivity contribution in [3.63, 3.8) is 0 Å². The fourth-order valence-electron chi connectivity index (χ4n) is 11.5. The van der Waals surface area contributed by atoms with E-state index in [1.807, 2.05) is 11.9 Å². The highest BCUT2D eigenvalue weighted by molar-refractivity contribution is 5.93. The number of phenols is 1. The number of ether oxygens (including phenoxy) is 2. The molecule has 1 aromatic heterocycles. The van der Waals surface area contributed by atoms with E-state index in [0.29, 0.717) is 61.0 Å². The van der Waals surface area contributed by atoms with Crippen LogP contribution in [0.5, 0.6) is 11.8 Å². The number of likely N-dealkylation sites (N-methyl/N-ethyl adjacent to an activating group) is 1. The third-order valence-corrected chi connectivity index (χ3v) is 14.7. The minimum atomic E-state index is -1.33. The highest BCUT2D eigenvalue weighted by atomic mass is 19.1. The van der Waals surface area contributed by atoms with Gasteiger partial charge in [0.25, 0.3) is 0 Å². The van der Waals surface area contributed by atoms with Gasteiger partial charge in [-0.1, -0.05) is 18.6 Å². The Hall–Kier alpha value is -4.35. The maximum atomic E-state index is 15.9. The van der Waals surface area contributed by atoms with Gasteiger partial charge in [-0.15, -0.1) is 6.42 Å². The minimum Gasteiger partial charge on any atom is -0.508 e. The number of rotatable bonds is 11. The summed E-state index contributed by atoms with van der Waals surface area (Å²) in [5.41, 5.74) is 0.246. The molecule has 5 atom stereocenters. The van der Waals surface area contributed by atoms with Crippen LogP contribution in [0.15, 0.2) is 36.9 Å². The number of halogens is 2. The van der Waals surface area contributed by atoms with E-state index >= 15 is 8.78 Å². The van der Waals surface area contributed by atoms with Gasteiger partial charge in [0.1, 0.15) is 30.2 Å². The summed E-state index contributed by atoms with van der Waals surface area (Å²) in [5.74, 6) is 2.55. The average molecular weight is 841 g/mol. The molecule has 4 heterocycles. The first kappa shape index (κ1) is 43.3. The lowest BCUT2D eigenvalue weighted by atomic mass is 9.78. The van der Waals surface area contributed by atoms with Gasteiger partial charge in [-0.25, -0.2) is 8.78 Å². The molecule has 4 fully saturated rings. The van der Waals surface area contributed by atoms with Crippen molar-refractivity contribution in [2.24, 2.45) is 0 Å². The van der Waals surface area contributed by atoms with E-state index in [-0.39, 0.29) is 60.8 Å². The number of aromatic nitrogens is 2. The first-order valence-corrected chi connectivity index (χ1v) is 22.3. The summed E-state index contributed by atoms with van der Waals surface area (Å²) in [4.78, 5) is 31.6. The van der Waals surface area contributed by atoms with Gasteiger partial charge in [-0.3, -0.25) is 14.6 Å². The molecule has 5 aliphatic rings. The number of phenolic OH excluding ortho intramolecular Hbond substituents is 1. The van der Waals surface area contributed by atoms with E-state index in [1.54, 1.807) is 32.0 Å². The van der Waals surface area contributed by atoms with E-state index in [9.17, 15) is 15.0 Å². The number of likely N-dealkylation sites (tertiary alicyclic amines) is 2. The van der Waals surface area contributed by atoms with E-state index in [1.165, 1.54) is 12.1 Å². The fraction of sp³-hybridized carbons (Fsp3) is 0.604. The van der Waals surface area contributed by atoms with Gasteiger partial charge in [0, 0.05) is 74.8 Å². The summed E-state index contributed by atoms with van der Waals surface area (Å²) >= 11 is 0. The van der Waals surface area contributed by atoms with Crippen LogP contribution < -0.4 is 9.64 Å². The van der Waals surface area contributed by atoms with Gasteiger partial charge in [-0.2, -0.15) is 9.97 Å². The molecular formula is C48H62F2N6O5. The van der Waals surface area contributed by atoms with Gasteiger partial charge < -0.3 is 29.5 Å². The number of anilines is 1. The van der Waals surface area contributed by atoms with Crippen molar-refractivity contribution in [2.75, 3.05) is 57.9 Å². The zero-order chi connectivity index (χ0) is 43.2. The normalized spacial score (nSPS) is 28.7. The van der Waals surface area contributed by atoms with Crippen molar-refractivity contribution in [3.05, 3.63) is 65.1 Å². The third kappa shape index (κ3) is 8.33. The third-order valence-electron chi connectivity index (χ3n) is 14.7. The molecule has 2 aromatic carbocycles. The van der Waals surface area contributed by atoms with Crippen LogP contribution >= 0.6 is 0 Å². The Labute approximate surface area is 359 Å². The second kappa shape index (κ2) is 17.4. The lowest BCUT2D eigenvalue weighted by Gasteiger charge is -2.51. The van der Waals surface area contributed by atoms with Gasteiger partial charge >= 0.3 is 6.01 Å². The monoisotopic (exact) mass is 840 g/mol. The Morgan fingerprint density at radius 2 is 1.93 bits per heavy atom. The van der Waals surface area contributed by atoms with Crippen LogP contribution in [0.4, 0.5) is 14.6 Å². The fourth-order valence-corrected chi connectivity index (χ4v) is 11.5. The molecule has 0 radical (unpaired) electrons. The molecular weight excluding hydrogens is 779 g/mol. The molecule has 328 valence electrons. The zero-order valence-electron chi connectivity index (χ0n) is 36.2. The SMILES string of the molecule is C#Cc1c(F)ccc2cc(O)cc([C@@H]3CCc4c(nc(OC[C@]5(C(C)(C)O)C[C@@H](F)CN5C5CCC(N6CCOC[C@@H]6C)CC5)nc4N(C)C[C@@H]4CCCN4C(=O)C=C)C3)c12. The van der Waals surface area contributed by atoms with Crippen LogP contribution in [0.3, 0.4) is 0 Å². The number of carbonyl (C=O) groups is 1.